The summed E-state index contributed by atoms with van der Waals surface area (Å²) >= 11 is 0. The summed E-state index contributed by atoms with van der Waals surface area (Å²) in [5.74, 6) is 6.81. The minimum absolute atomic E-state index is 0.0350. The number of rotatable bonds is 4. The van der Waals surface area contributed by atoms with Crippen LogP contribution in [-0.4, -0.2) is 11.0 Å². The summed E-state index contributed by atoms with van der Waals surface area (Å²) in [7, 11) is 0. The molecule has 2 bridgehead atoms. The summed E-state index contributed by atoms with van der Waals surface area (Å²) < 4.78 is 0. The van der Waals surface area contributed by atoms with Crippen molar-refractivity contribution >= 4 is 17.1 Å². The molecule has 1 aromatic rings. The summed E-state index contributed by atoms with van der Waals surface area (Å²) in [6, 6.07) is 5.51. The maximum Gasteiger partial charge on any atom is 0.316 e. The van der Waals surface area contributed by atoms with Crippen LogP contribution in [0.1, 0.15) is 25.7 Å². The lowest BCUT2D eigenvalue weighted by molar-refractivity contribution is -0.383. The van der Waals surface area contributed by atoms with Crippen LogP contribution in [0.15, 0.2) is 18.2 Å². The zero-order valence-electron chi connectivity index (χ0n) is 10.6. The van der Waals surface area contributed by atoms with E-state index in [9.17, 15) is 10.1 Å². The Morgan fingerprint density at radius 3 is 2.63 bits per heavy atom. The van der Waals surface area contributed by atoms with Gasteiger partial charge in [0.25, 0.3) is 0 Å². The second-order valence-corrected chi connectivity index (χ2v) is 5.53. The Morgan fingerprint density at radius 1 is 1.26 bits per heavy atom. The number of nitrogens with zero attached hydrogens (tertiary/aromatic N) is 1. The van der Waals surface area contributed by atoms with Crippen molar-refractivity contribution in [3.8, 4) is 0 Å². The normalized spacial score (nSPS) is 28.4. The van der Waals surface area contributed by atoms with E-state index in [0.29, 0.717) is 23.3 Å². The molecule has 0 aliphatic heterocycles. The van der Waals surface area contributed by atoms with Crippen LogP contribution in [0.5, 0.6) is 0 Å². The number of hydrogen-bond acceptors (Lipinski definition) is 5. The van der Waals surface area contributed by atoms with Crippen molar-refractivity contribution in [3.63, 3.8) is 0 Å². The second-order valence-electron chi connectivity index (χ2n) is 5.53. The molecule has 2 saturated carbocycles. The number of hydrogen-bond donors (Lipinski definition) is 3. The highest BCUT2D eigenvalue weighted by Crippen LogP contribution is 2.46. The van der Waals surface area contributed by atoms with Crippen molar-refractivity contribution in [2.24, 2.45) is 17.7 Å². The average Bonchev–Trinajstić information content (AvgIpc) is 3.00. The van der Waals surface area contributed by atoms with Crippen molar-refractivity contribution in [2.75, 3.05) is 10.7 Å². The molecule has 2 aliphatic carbocycles. The maximum atomic E-state index is 11.2. The first-order valence-corrected chi connectivity index (χ1v) is 6.69. The van der Waals surface area contributed by atoms with Crippen LogP contribution in [0.4, 0.5) is 17.1 Å². The van der Waals surface area contributed by atoms with E-state index < -0.39 is 0 Å². The average molecular weight is 262 g/mol. The fourth-order valence-electron chi connectivity index (χ4n) is 3.59. The zero-order chi connectivity index (χ0) is 13.4. The van der Waals surface area contributed by atoms with Gasteiger partial charge in [-0.2, -0.15) is 0 Å². The van der Waals surface area contributed by atoms with Crippen LogP contribution in [-0.2, 0) is 0 Å². The van der Waals surface area contributed by atoms with Gasteiger partial charge in [-0.05, 0) is 43.2 Å². The Kier molecular flexibility index (Phi) is 3.02. The van der Waals surface area contributed by atoms with Crippen LogP contribution < -0.4 is 16.6 Å². The quantitative estimate of drug-likeness (QED) is 0.440. The van der Waals surface area contributed by atoms with Gasteiger partial charge >= 0.3 is 5.69 Å². The molecule has 2 aliphatic rings. The number of anilines is 2. The lowest BCUT2D eigenvalue weighted by atomic mass is 9.95. The number of hydrazine groups is 1. The first kappa shape index (κ1) is 12.2. The van der Waals surface area contributed by atoms with Gasteiger partial charge in [-0.3, -0.25) is 16.0 Å². The monoisotopic (exact) mass is 262 g/mol. The highest BCUT2D eigenvalue weighted by molar-refractivity contribution is 5.76. The fraction of sp³-hybridized carbons (Fsp3) is 0.538. The first-order valence-electron chi connectivity index (χ1n) is 6.69. The van der Waals surface area contributed by atoms with Gasteiger partial charge in [0, 0.05) is 6.04 Å². The SMILES string of the molecule is NNc1cccc(NC2CC3CCC2C3)c1[N+](=O)[O-]. The largest absolute Gasteiger partial charge is 0.376 e. The molecule has 2 fully saturated rings. The number of nitro benzene ring substituents is 1. The molecule has 0 radical (unpaired) electrons. The van der Waals surface area contributed by atoms with Crippen molar-refractivity contribution in [2.45, 2.75) is 31.7 Å². The Labute approximate surface area is 111 Å². The van der Waals surface area contributed by atoms with E-state index in [1.165, 1.54) is 19.3 Å². The predicted molar refractivity (Wildman–Crippen MR) is 73.8 cm³/mol. The molecule has 6 heteroatoms. The van der Waals surface area contributed by atoms with Gasteiger partial charge in [0.15, 0.2) is 0 Å². The third-order valence-electron chi connectivity index (χ3n) is 4.45. The molecule has 0 aromatic heterocycles. The highest BCUT2D eigenvalue weighted by atomic mass is 16.6. The molecule has 0 saturated heterocycles. The lowest BCUT2D eigenvalue weighted by Gasteiger charge is -2.24. The molecular weight excluding hydrogens is 244 g/mol. The van der Waals surface area contributed by atoms with E-state index in [1.54, 1.807) is 18.2 Å². The number of fused-ring (bicyclic) bond motifs is 2. The summed E-state index contributed by atoms with van der Waals surface area (Å²) in [5, 5.41) is 14.6. The Balaban J connectivity index is 1.86. The topological polar surface area (TPSA) is 93.2 Å². The van der Waals surface area contributed by atoms with Crippen LogP contribution >= 0.6 is 0 Å². The third-order valence-corrected chi connectivity index (χ3v) is 4.45. The van der Waals surface area contributed by atoms with Crippen LogP contribution in [0.25, 0.3) is 0 Å². The molecule has 1 aromatic carbocycles. The molecule has 3 rings (SSSR count). The fourth-order valence-corrected chi connectivity index (χ4v) is 3.59. The van der Waals surface area contributed by atoms with E-state index in [2.05, 4.69) is 10.7 Å². The molecule has 0 heterocycles. The standard InChI is InChI=1S/C13H18N4O2/c14-16-11-3-1-2-10(13(11)17(18)19)15-12-7-8-4-5-9(12)6-8/h1-3,8-9,12,15-16H,4-7,14H2. The van der Waals surface area contributed by atoms with Crippen molar-refractivity contribution in [3.05, 3.63) is 28.3 Å². The molecule has 19 heavy (non-hydrogen) atoms. The number of para-hydroxylation sites is 1. The predicted octanol–water partition coefficient (Wildman–Crippen LogP) is 2.48. The van der Waals surface area contributed by atoms with E-state index in [1.807, 2.05) is 0 Å². The van der Waals surface area contributed by atoms with E-state index in [-0.39, 0.29) is 10.6 Å². The lowest BCUT2D eigenvalue weighted by Crippen LogP contribution is -2.26. The van der Waals surface area contributed by atoms with Gasteiger partial charge in [-0.25, -0.2) is 0 Å². The van der Waals surface area contributed by atoms with Gasteiger partial charge in [0.05, 0.1) is 4.92 Å². The minimum Gasteiger partial charge on any atom is -0.376 e. The van der Waals surface area contributed by atoms with E-state index in [4.69, 9.17) is 5.84 Å². The molecule has 4 N–H and O–H groups in total. The number of benzene rings is 1. The van der Waals surface area contributed by atoms with Crippen LogP contribution in [0.2, 0.25) is 0 Å². The number of nitrogens with one attached hydrogen (secondary N) is 2. The molecular formula is C13H18N4O2. The van der Waals surface area contributed by atoms with Crippen LogP contribution in [0.3, 0.4) is 0 Å². The van der Waals surface area contributed by atoms with E-state index in [0.717, 1.165) is 12.3 Å². The summed E-state index contributed by atoms with van der Waals surface area (Å²) in [6.07, 6.45) is 4.95. The maximum absolute atomic E-state index is 11.2. The number of nitro groups is 1. The molecule has 3 atom stereocenters. The second kappa shape index (κ2) is 4.70. The Hall–Kier alpha value is -1.82. The highest BCUT2D eigenvalue weighted by Gasteiger charge is 2.40. The number of nitrogens with two attached hydrogens (primary N) is 1. The molecule has 0 amide bonds. The van der Waals surface area contributed by atoms with Crippen LogP contribution in [0, 0.1) is 22.0 Å². The van der Waals surface area contributed by atoms with Gasteiger partial charge in [0.2, 0.25) is 0 Å². The Morgan fingerprint density at radius 2 is 2.05 bits per heavy atom. The van der Waals surface area contributed by atoms with Crippen molar-refractivity contribution in [1.29, 1.82) is 0 Å². The molecule has 0 spiro atoms. The Bertz CT molecular complexity index is 505. The van der Waals surface area contributed by atoms with Gasteiger partial charge in [-0.1, -0.05) is 12.5 Å². The minimum atomic E-state index is -0.384. The smallest absolute Gasteiger partial charge is 0.316 e. The zero-order valence-corrected chi connectivity index (χ0v) is 10.6. The summed E-state index contributed by atoms with van der Waals surface area (Å²) in [4.78, 5) is 10.8. The molecule has 6 nitrogen and oxygen atoms in total. The number of nitrogen functional groups attached to an aromatic ring is 1. The van der Waals surface area contributed by atoms with Gasteiger partial charge < -0.3 is 10.7 Å². The van der Waals surface area contributed by atoms with Gasteiger partial charge in [0.1, 0.15) is 11.4 Å². The molecule has 102 valence electrons. The molecule has 3 unspecified atom stereocenters. The van der Waals surface area contributed by atoms with Crippen molar-refractivity contribution in [1.82, 2.24) is 0 Å². The summed E-state index contributed by atoms with van der Waals surface area (Å²) in [6.45, 7) is 0. The van der Waals surface area contributed by atoms with Crippen molar-refractivity contribution < 1.29 is 4.92 Å². The summed E-state index contributed by atoms with van der Waals surface area (Å²) in [5.41, 5.74) is 3.34. The first-order chi connectivity index (χ1) is 9.19. The third kappa shape index (κ3) is 2.12. The van der Waals surface area contributed by atoms with E-state index >= 15 is 0 Å². The van der Waals surface area contributed by atoms with Gasteiger partial charge in [-0.15, -0.1) is 0 Å².